The summed E-state index contributed by atoms with van der Waals surface area (Å²) in [6.07, 6.45) is 1.09. The maximum atomic E-state index is 9.76. The predicted molar refractivity (Wildman–Crippen MR) is 59.8 cm³/mol. The van der Waals surface area contributed by atoms with E-state index in [0.717, 1.165) is 12.8 Å². The number of hydrogen-bond donors (Lipinski definition) is 3. The Hall–Kier alpha value is -0.200. The Bertz CT molecular complexity index is 191. The van der Waals surface area contributed by atoms with Gasteiger partial charge in [0.1, 0.15) is 0 Å². The largest absolute Gasteiger partial charge is 0.394 e. The van der Waals surface area contributed by atoms with E-state index in [1.165, 1.54) is 0 Å². The molecule has 1 aliphatic rings. The topological polar surface area (TPSA) is 84.9 Å². The lowest BCUT2D eigenvalue weighted by atomic mass is 9.93. The fourth-order valence-electron chi connectivity index (χ4n) is 1.81. The van der Waals surface area contributed by atoms with Crippen LogP contribution < -0.4 is 5.73 Å². The number of ether oxygens (including phenoxy) is 2. The third-order valence-electron chi connectivity index (χ3n) is 3.04. The van der Waals surface area contributed by atoms with E-state index in [-0.39, 0.29) is 18.6 Å². The van der Waals surface area contributed by atoms with E-state index in [2.05, 4.69) is 0 Å². The van der Waals surface area contributed by atoms with Gasteiger partial charge in [0.25, 0.3) is 0 Å². The molecule has 0 aromatic heterocycles. The standard InChI is InChI=1S/C11H23NO4/c1-8-9(14)6-11(16-10(8)7-13)15-5-3-2-4-12/h8-11,13-14H,2-7,12H2,1H3. The van der Waals surface area contributed by atoms with Crippen molar-refractivity contribution in [3.05, 3.63) is 0 Å². The molecule has 4 unspecified atom stereocenters. The molecule has 4 N–H and O–H groups in total. The van der Waals surface area contributed by atoms with Gasteiger partial charge in [-0.2, -0.15) is 0 Å². The van der Waals surface area contributed by atoms with Crippen molar-refractivity contribution < 1.29 is 19.7 Å². The monoisotopic (exact) mass is 233 g/mol. The van der Waals surface area contributed by atoms with Crippen molar-refractivity contribution in [1.29, 1.82) is 0 Å². The van der Waals surface area contributed by atoms with Crippen LogP contribution in [-0.4, -0.2) is 48.5 Å². The van der Waals surface area contributed by atoms with Crippen LogP contribution in [0.5, 0.6) is 0 Å². The van der Waals surface area contributed by atoms with E-state index in [4.69, 9.17) is 20.3 Å². The third kappa shape index (κ3) is 3.99. The Labute approximate surface area is 96.5 Å². The van der Waals surface area contributed by atoms with E-state index < -0.39 is 12.4 Å². The third-order valence-corrected chi connectivity index (χ3v) is 3.04. The number of aliphatic hydroxyl groups is 2. The summed E-state index contributed by atoms with van der Waals surface area (Å²) in [5.74, 6) is -0.0473. The normalized spacial score (nSPS) is 35.2. The van der Waals surface area contributed by atoms with E-state index in [9.17, 15) is 5.11 Å². The highest BCUT2D eigenvalue weighted by Gasteiger charge is 2.34. The number of aliphatic hydroxyl groups excluding tert-OH is 2. The van der Waals surface area contributed by atoms with Crippen molar-refractivity contribution >= 4 is 0 Å². The molecule has 1 fully saturated rings. The maximum absolute atomic E-state index is 9.76. The predicted octanol–water partition coefficient (Wildman–Crippen LogP) is -0.154. The van der Waals surface area contributed by atoms with Crippen LogP contribution in [0, 0.1) is 5.92 Å². The molecule has 5 nitrogen and oxygen atoms in total. The quantitative estimate of drug-likeness (QED) is 0.555. The Morgan fingerprint density at radius 3 is 2.81 bits per heavy atom. The molecule has 1 heterocycles. The Kier molecular flexibility index (Phi) is 6.23. The Morgan fingerprint density at radius 1 is 1.44 bits per heavy atom. The van der Waals surface area contributed by atoms with Gasteiger partial charge in [0.2, 0.25) is 0 Å². The van der Waals surface area contributed by atoms with Crippen molar-refractivity contribution in [2.24, 2.45) is 11.7 Å². The summed E-state index contributed by atoms with van der Waals surface area (Å²) in [5, 5.41) is 18.9. The molecule has 0 saturated carbocycles. The Balaban J connectivity index is 2.27. The summed E-state index contributed by atoms with van der Waals surface area (Å²) >= 11 is 0. The summed E-state index contributed by atoms with van der Waals surface area (Å²) in [6, 6.07) is 0. The zero-order chi connectivity index (χ0) is 12.0. The van der Waals surface area contributed by atoms with Crippen molar-refractivity contribution in [2.45, 2.75) is 44.7 Å². The second-order valence-electron chi connectivity index (χ2n) is 4.32. The van der Waals surface area contributed by atoms with Crippen LogP contribution in [0.1, 0.15) is 26.2 Å². The van der Waals surface area contributed by atoms with Crippen LogP contribution in [-0.2, 0) is 9.47 Å². The van der Waals surface area contributed by atoms with Crippen molar-refractivity contribution in [2.75, 3.05) is 19.8 Å². The molecule has 96 valence electrons. The second kappa shape index (κ2) is 7.19. The lowest BCUT2D eigenvalue weighted by Crippen LogP contribution is -2.45. The van der Waals surface area contributed by atoms with Gasteiger partial charge in [-0.1, -0.05) is 6.92 Å². The first-order valence-electron chi connectivity index (χ1n) is 5.95. The lowest BCUT2D eigenvalue weighted by Gasteiger charge is -2.37. The Morgan fingerprint density at radius 2 is 2.19 bits per heavy atom. The molecule has 16 heavy (non-hydrogen) atoms. The van der Waals surface area contributed by atoms with Crippen molar-refractivity contribution in [3.8, 4) is 0 Å². The summed E-state index contributed by atoms with van der Waals surface area (Å²) in [7, 11) is 0. The van der Waals surface area contributed by atoms with Gasteiger partial charge in [0.15, 0.2) is 6.29 Å². The SMILES string of the molecule is CC1C(O)CC(OCCCCN)OC1CO. The fraction of sp³-hybridized carbons (Fsp3) is 1.00. The smallest absolute Gasteiger partial charge is 0.160 e. The van der Waals surface area contributed by atoms with Crippen molar-refractivity contribution in [3.63, 3.8) is 0 Å². The van der Waals surface area contributed by atoms with Gasteiger partial charge in [-0.3, -0.25) is 0 Å². The molecule has 0 amide bonds. The van der Waals surface area contributed by atoms with Crippen LogP contribution in [0.4, 0.5) is 0 Å². The lowest BCUT2D eigenvalue weighted by molar-refractivity contribution is -0.240. The molecule has 5 heteroatoms. The first kappa shape index (κ1) is 13.9. The van der Waals surface area contributed by atoms with E-state index in [0.29, 0.717) is 19.6 Å². The molecule has 1 rings (SSSR count). The number of nitrogens with two attached hydrogens (primary N) is 1. The molecule has 0 bridgehead atoms. The van der Waals surface area contributed by atoms with Gasteiger partial charge >= 0.3 is 0 Å². The highest BCUT2D eigenvalue weighted by molar-refractivity contribution is 4.79. The molecule has 1 aliphatic heterocycles. The van der Waals surface area contributed by atoms with Crippen LogP contribution in [0.15, 0.2) is 0 Å². The van der Waals surface area contributed by atoms with Crippen LogP contribution in [0.25, 0.3) is 0 Å². The van der Waals surface area contributed by atoms with E-state index >= 15 is 0 Å². The van der Waals surface area contributed by atoms with Gasteiger partial charge < -0.3 is 25.4 Å². The van der Waals surface area contributed by atoms with E-state index in [1.807, 2.05) is 6.92 Å². The zero-order valence-electron chi connectivity index (χ0n) is 9.84. The summed E-state index contributed by atoms with van der Waals surface area (Å²) in [6.45, 7) is 3.03. The zero-order valence-corrected chi connectivity index (χ0v) is 9.84. The van der Waals surface area contributed by atoms with Crippen LogP contribution in [0.3, 0.4) is 0 Å². The first-order chi connectivity index (χ1) is 7.69. The number of rotatable bonds is 6. The molecule has 0 aromatic rings. The maximum Gasteiger partial charge on any atom is 0.160 e. The van der Waals surface area contributed by atoms with Gasteiger partial charge in [-0.25, -0.2) is 0 Å². The molecule has 0 aliphatic carbocycles. The molecule has 1 saturated heterocycles. The minimum absolute atomic E-state index is 0.0473. The summed E-state index contributed by atoms with van der Waals surface area (Å²) in [5.41, 5.74) is 5.37. The molecule has 0 radical (unpaired) electrons. The summed E-state index contributed by atoms with van der Waals surface area (Å²) in [4.78, 5) is 0. The highest BCUT2D eigenvalue weighted by atomic mass is 16.7. The number of hydrogen-bond acceptors (Lipinski definition) is 5. The minimum Gasteiger partial charge on any atom is -0.394 e. The molecular weight excluding hydrogens is 210 g/mol. The molecule has 0 aromatic carbocycles. The minimum atomic E-state index is -0.467. The fourth-order valence-corrected chi connectivity index (χ4v) is 1.81. The average molecular weight is 233 g/mol. The number of unbranched alkanes of at least 4 members (excludes halogenated alkanes) is 1. The van der Waals surface area contributed by atoms with Gasteiger partial charge in [0, 0.05) is 18.9 Å². The van der Waals surface area contributed by atoms with Crippen LogP contribution >= 0.6 is 0 Å². The van der Waals surface area contributed by atoms with Crippen molar-refractivity contribution in [1.82, 2.24) is 0 Å². The highest BCUT2D eigenvalue weighted by Crippen LogP contribution is 2.25. The van der Waals surface area contributed by atoms with E-state index in [1.54, 1.807) is 0 Å². The molecule has 4 atom stereocenters. The van der Waals surface area contributed by atoms with Gasteiger partial charge in [-0.05, 0) is 19.4 Å². The molecular formula is C11H23NO4. The summed E-state index contributed by atoms with van der Waals surface area (Å²) < 4.78 is 11.0. The van der Waals surface area contributed by atoms with Crippen LogP contribution in [0.2, 0.25) is 0 Å². The first-order valence-corrected chi connectivity index (χ1v) is 5.95. The second-order valence-corrected chi connectivity index (χ2v) is 4.32. The average Bonchev–Trinajstić information content (AvgIpc) is 2.29. The molecule has 0 spiro atoms. The van der Waals surface area contributed by atoms with Gasteiger partial charge in [-0.15, -0.1) is 0 Å². The van der Waals surface area contributed by atoms with Gasteiger partial charge in [0.05, 0.1) is 18.8 Å².